The molecule has 0 radical (unpaired) electrons. The first-order chi connectivity index (χ1) is 12.7. The van der Waals surface area contributed by atoms with Crippen molar-refractivity contribution in [2.75, 3.05) is 26.3 Å². The lowest BCUT2D eigenvalue weighted by molar-refractivity contribution is 0.0918. The van der Waals surface area contributed by atoms with Gasteiger partial charge in [-0.25, -0.2) is 4.79 Å². The summed E-state index contributed by atoms with van der Waals surface area (Å²) in [5, 5.41) is 5.61. The monoisotopic (exact) mass is 356 g/mol. The van der Waals surface area contributed by atoms with Gasteiger partial charge >= 0.3 is 6.03 Å². The third kappa shape index (κ3) is 5.31. The van der Waals surface area contributed by atoms with Crippen molar-refractivity contribution in [3.8, 4) is 17.2 Å². The fourth-order valence-electron chi connectivity index (χ4n) is 2.53. The number of benzene rings is 2. The number of carbonyl (C=O) groups excluding carboxylic acids is 1. The van der Waals surface area contributed by atoms with Gasteiger partial charge in [0.15, 0.2) is 17.6 Å². The standard InChI is InChI=1S/C20H24N2O4/c1-15-7-9-16(10-8-15)24-12-4-11-21-20(23)22-13-17-14-25-18-5-2-3-6-19(18)26-17/h2-3,5-10,17H,4,11-14H2,1H3,(H2,21,22,23). The van der Waals surface area contributed by atoms with Crippen LogP contribution in [0.4, 0.5) is 4.79 Å². The van der Waals surface area contributed by atoms with Crippen LogP contribution in [0.25, 0.3) is 0 Å². The molecule has 2 amide bonds. The molecule has 1 heterocycles. The van der Waals surface area contributed by atoms with Crippen LogP contribution in [0.2, 0.25) is 0 Å². The van der Waals surface area contributed by atoms with Crippen molar-refractivity contribution in [3.63, 3.8) is 0 Å². The fraction of sp³-hybridized carbons (Fsp3) is 0.350. The summed E-state index contributed by atoms with van der Waals surface area (Å²) in [6.07, 6.45) is 0.540. The number of hydrogen-bond donors (Lipinski definition) is 2. The zero-order valence-corrected chi connectivity index (χ0v) is 14.9. The van der Waals surface area contributed by atoms with Crippen LogP contribution in [0.1, 0.15) is 12.0 Å². The van der Waals surface area contributed by atoms with Crippen molar-refractivity contribution in [1.29, 1.82) is 0 Å². The third-order valence-electron chi connectivity index (χ3n) is 3.95. The van der Waals surface area contributed by atoms with E-state index in [4.69, 9.17) is 14.2 Å². The Balaban J connectivity index is 1.27. The summed E-state index contributed by atoms with van der Waals surface area (Å²) in [4.78, 5) is 11.8. The maximum Gasteiger partial charge on any atom is 0.314 e. The molecule has 1 aliphatic rings. The summed E-state index contributed by atoms with van der Waals surface area (Å²) in [7, 11) is 0. The number of aryl methyl sites for hydroxylation is 1. The highest BCUT2D eigenvalue weighted by molar-refractivity contribution is 5.73. The Bertz CT molecular complexity index is 718. The summed E-state index contributed by atoms with van der Waals surface area (Å²) in [6.45, 7) is 3.94. The molecule has 6 heteroatoms. The second-order valence-electron chi connectivity index (χ2n) is 6.15. The van der Waals surface area contributed by atoms with Crippen LogP contribution in [-0.2, 0) is 0 Å². The first-order valence-electron chi connectivity index (χ1n) is 8.80. The normalized spacial score (nSPS) is 15.2. The Hall–Kier alpha value is -2.89. The molecule has 0 fully saturated rings. The smallest absolute Gasteiger partial charge is 0.314 e. The predicted octanol–water partition coefficient (Wildman–Crippen LogP) is 2.90. The molecule has 138 valence electrons. The van der Waals surface area contributed by atoms with E-state index in [9.17, 15) is 4.79 Å². The van der Waals surface area contributed by atoms with E-state index in [0.29, 0.717) is 32.1 Å². The maximum atomic E-state index is 11.8. The first-order valence-corrected chi connectivity index (χ1v) is 8.80. The van der Waals surface area contributed by atoms with Crippen molar-refractivity contribution >= 4 is 6.03 Å². The number of fused-ring (bicyclic) bond motifs is 1. The van der Waals surface area contributed by atoms with E-state index in [1.54, 1.807) is 0 Å². The van der Waals surface area contributed by atoms with Gasteiger partial charge in [-0.15, -0.1) is 0 Å². The lowest BCUT2D eigenvalue weighted by Crippen LogP contribution is -2.44. The molecule has 26 heavy (non-hydrogen) atoms. The van der Waals surface area contributed by atoms with Crippen molar-refractivity contribution in [1.82, 2.24) is 10.6 Å². The zero-order chi connectivity index (χ0) is 18.2. The Morgan fingerprint density at radius 2 is 1.88 bits per heavy atom. The Morgan fingerprint density at radius 3 is 2.69 bits per heavy atom. The molecular formula is C20H24N2O4. The zero-order valence-electron chi connectivity index (χ0n) is 14.9. The van der Waals surface area contributed by atoms with Crippen LogP contribution in [0.3, 0.4) is 0 Å². The molecule has 1 atom stereocenters. The van der Waals surface area contributed by atoms with Gasteiger partial charge in [0.2, 0.25) is 0 Å². The average Bonchev–Trinajstić information content (AvgIpc) is 2.67. The first kappa shape index (κ1) is 17.9. The fourth-order valence-corrected chi connectivity index (χ4v) is 2.53. The summed E-state index contributed by atoms with van der Waals surface area (Å²) in [5.74, 6) is 2.29. The van der Waals surface area contributed by atoms with Crippen LogP contribution in [0.5, 0.6) is 17.2 Å². The molecule has 3 rings (SSSR count). The van der Waals surface area contributed by atoms with E-state index >= 15 is 0 Å². The summed E-state index contributed by atoms with van der Waals surface area (Å²) >= 11 is 0. The van der Waals surface area contributed by atoms with E-state index in [-0.39, 0.29) is 12.1 Å². The third-order valence-corrected chi connectivity index (χ3v) is 3.95. The van der Waals surface area contributed by atoms with E-state index in [1.807, 2.05) is 55.5 Å². The van der Waals surface area contributed by atoms with Crippen molar-refractivity contribution in [2.45, 2.75) is 19.4 Å². The molecule has 0 aromatic heterocycles. The molecule has 2 N–H and O–H groups in total. The average molecular weight is 356 g/mol. The van der Waals surface area contributed by atoms with Crippen LogP contribution >= 0.6 is 0 Å². The summed E-state index contributed by atoms with van der Waals surface area (Å²) in [5.41, 5.74) is 1.20. The highest BCUT2D eigenvalue weighted by atomic mass is 16.6. The van der Waals surface area contributed by atoms with Crippen molar-refractivity contribution < 1.29 is 19.0 Å². The van der Waals surface area contributed by atoms with Crippen LogP contribution < -0.4 is 24.8 Å². The van der Waals surface area contributed by atoms with Crippen molar-refractivity contribution in [2.24, 2.45) is 0 Å². The maximum absolute atomic E-state index is 11.8. The largest absolute Gasteiger partial charge is 0.494 e. The molecule has 0 aliphatic carbocycles. The topological polar surface area (TPSA) is 68.8 Å². The lowest BCUT2D eigenvalue weighted by atomic mass is 10.2. The molecule has 1 aliphatic heterocycles. The van der Waals surface area contributed by atoms with E-state index < -0.39 is 0 Å². The van der Waals surface area contributed by atoms with Crippen LogP contribution in [0, 0.1) is 6.92 Å². The highest BCUT2D eigenvalue weighted by Gasteiger charge is 2.20. The van der Waals surface area contributed by atoms with E-state index in [0.717, 1.165) is 17.9 Å². The minimum absolute atomic E-state index is 0.194. The number of nitrogens with one attached hydrogen (secondary N) is 2. The second-order valence-corrected chi connectivity index (χ2v) is 6.15. The number of hydrogen-bond acceptors (Lipinski definition) is 4. The molecule has 1 unspecified atom stereocenters. The lowest BCUT2D eigenvalue weighted by Gasteiger charge is -2.26. The number of amides is 2. The van der Waals surface area contributed by atoms with Gasteiger partial charge in [-0.05, 0) is 37.6 Å². The number of para-hydroxylation sites is 2. The summed E-state index contributed by atoms with van der Waals surface area (Å²) in [6, 6.07) is 15.2. The molecule has 0 saturated heterocycles. The van der Waals surface area contributed by atoms with Gasteiger partial charge in [0, 0.05) is 6.54 Å². The number of ether oxygens (including phenoxy) is 3. The molecule has 2 aromatic carbocycles. The Kier molecular flexibility index (Phi) is 6.19. The number of rotatable bonds is 7. The van der Waals surface area contributed by atoms with E-state index in [1.165, 1.54) is 5.56 Å². The Morgan fingerprint density at radius 1 is 1.12 bits per heavy atom. The van der Waals surface area contributed by atoms with Crippen molar-refractivity contribution in [3.05, 3.63) is 54.1 Å². The van der Waals surface area contributed by atoms with Gasteiger partial charge in [0.05, 0.1) is 13.2 Å². The van der Waals surface area contributed by atoms with Crippen LogP contribution in [-0.4, -0.2) is 38.4 Å². The van der Waals surface area contributed by atoms with Crippen LogP contribution in [0.15, 0.2) is 48.5 Å². The molecule has 6 nitrogen and oxygen atoms in total. The van der Waals surface area contributed by atoms with Gasteiger partial charge < -0.3 is 24.8 Å². The highest BCUT2D eigenvalue weighted by Crippen LogP contribution is 2.30. The van der Waals surface area contributed by atoms with Gasteiger partial charge in [0.25, 0.3) is 0 Å². The Labute approximate surface area is 153 Å². The predicted molar refractivity (Wildman–Crippen MR) is 99.0 cm³/mol. The van der Waals surface area contributed by atoms with E-state index in [2.05, 4.69) is 10.6 Å². The quantitative estimate of drug-likeness (QED) is 0.749. The molecule has 2 aromatic rings. The SMILES string of the molecule is Cc1ccc(OCCCNC(=O)NCC2COc3ccccc3O2)cc1. The van der Waals surface area contributed by atoms with Gasteiger partial charge in [-0.2, -0.15) is 0 Å². The minimum Gasteiger partial charge on any atom is -0.494 e. The molecule has 0 spiro atoms. The number of urea groups is 1. The number of carbonyl (C=O) groups is 1. The van der Waals surface area contributed by atoms with Gasteiger partial charge in [0.1, 0.15) is 12.4 Å². The minimum atomic E-state index is -0.220. The van der Waals surface area contributed by atoms with Gasteiger partial charge in [-0.1, -0.05) is 29.8 Å². The molecule has 0 bridgehead atoms. The summed E-state index contributed by atoms with van der Waals surface area (Å²) < 4.78 is 17.0. The van der Waals surface area contributed by atoms with Gasteiger partial charge in [-0.3, -0.25) is 0 Å². The second kappa shape index (κ2) is 8.99. The molecular weight excluding hydrogens is 332 g/mol. The molecule has 0 saturated carbocycles.